The van der Waals surface area contributed by atoms with Crippen molar-refractivity contribution in [1.29, 1.82) is 0 Å². The lowest BCUT2D eigenvalue weighted by Crippen LogP contribution is -2.62. The van der Waals surface area contributed by atoms with Gasteiger partial charge in [-0.1, -0.05) is 31.0 Å². The third-order valence-electron chi connectivity index (χ3n) is 11.5. The number of halogens is 4. The standard InChI is InChI=1S/C36H38ClF3N10O3S/c1-2-4-22-18(13-49(22)35(51)50-17-43-16-44-50)12-47-9-10-52-30-25-29(45-34(46-33(25)47)53-15-36-7-3-8-48(36)14-19(38)11-36)27(40)23(26(30)37)20-5-6-21(39)31-24(20)28(41)32(42)54-31/h5-6,16-19,22H,2-4,7-15,41-42H2,1H3/t18-,19-,22?,36+/m1/s1. The van der Waals surface area contributed by atoms with Crippen LogP contribution in [0, 0.1) is 17.6 Å². The molecule has 54 heavy (non-hydrogen) atoms. The molecule has 4 aliphatic heterocycles. The van der Waals surface area contributed by atoms with Crippen molar-refractivity contribution < 1.29 is 27.4 Å². The van der Waals surface area contributed by atoms with Crippen molar-refractivity contribution in [1.82, 2.24) is 34.5 Å². The summed E-state index contributed by atoms with van der Waals surface area (Å²) in [5.74, 6) is -0.767. The quantitative estimate of drug-likeness (QED) is 0.187. The Bertz CT molecular complexity index is 2300. The molecule has 13 nitrogen and oxygen atoms in total. The Morgan fingerprint density at radius 3 is 2.83 bits per heavy atom. The Balaban J connectivity index is 1.16. The summed E-state index contributed by atoms with van der Waals surface area (Å²) in [5.41, 5.74) is 12.1. The number of likely N-dealkylation sites (tertiary alicyclic amines) is 1. The van der Waals surface area contributed by atoms with Crippen LogP contribution in [0.4, 0.5) is 34.5 Å². The number of nitrogens with two attached hydrogens (primary N) is 2. The minimum atomic E-state index is -0.964. The fourth-order valence-electron chi connectivity index (χ4n) is 8.94. The molecule has 3 saturated heterocycles. The van der Waals surface area contributed by atoms with Crippen molar-refractivity contribution in [2.45, 2.75) is 56.8 Å². The van der Waals surface area contributed by atoms with Gasteiger partial charge in [-0.05, 0) is 37.4 Å². The molecule has 4 N–H and O–H groups in total. The van der Waals surface area contributed by atoms with E-state index in [9.17, 15) is 9.18 Å². The first-order valence-electron chi connectivity index (χ1n) is 18.1. The normalized spacial score (nSPS) is 23.8. The van der Waals surface area contributed by atoms with Gasteiger partial charge in [-0.2, -0.15) is 19.7 Å². The molecule has 0 aliphatic carbocycles. The summed E-state index contributed by atoms with van der Waals surface area (Å²) in [7, 11) is 0. The lowest BCUT2D eigenvalue weighted by atomic mass is 9.85. The monoisotopic (exact) mass is 782 g/mol. The minimum Gasteiger partial charge on any atom is -0.489 e. The van der Waals surface area contributed by atoms with E-state index in [4.69, 9.17) is 37.5 Å². The predicted octanol–water partition coefficient (Wildman–Crippen LogP) is 6.12. The molecule has 1 unspecified atom stereocenters. The van der Waals surface area contributed by atoms with Gasteiger partial charge in [-0.15, -0.1) is 11.3 Å². The smallest absolute Gasteiger partial charge is 0.346 e. The zero-order chi connectivity index (χ0) is 37.5. The number of hydrogen-bond donors (Lipinski definition) is 2. The van der Waals surface area contributed by atoms with Crippen molar-refractivity contribution in [2.24, 2.45) is 5.92 Å². The minimum absolute atomic E-state index is 0.0402. The van der Waals surface area contributed by atoms with Gasteiger partial charge in [0.15, 0.2) is 11.6 Å². The van der Waals surface area contributed by atoms with Crippen LogP contribution in [0.3, 0.4) is 0 Å². The Hall–Kier alpha value is -4.61. The van der Waals surface area contributed by atoms with Crippen LogP contribution >= 0.6 is 22.9 Å². The van der Waals surface area contributed by atoms with Gasteiger partial charge < -0.3 is 30.7 Å². The van der Waals surface area contributed by atoms with Gasteiger partial charge >= 0.3 is 12.0 Å². The summed E-state index contributed by atoms with van der Waals surface area (Å²) in [6.45, 7) is 4.77. The van der Waals surface area contributed by atoms with E-state index in [1.165, 1.54) is 29.5 Å². The zero-order valence-electron chi connectivity index (χ0n) is 29.4. The second-order valence-electron chi connectivity index (χ2n) is 14.6. The van der Waals surface area contributed by atoms with E-state index >= 15 is 8.78 Å². The van der Waals surface area contributed by atoms with Crippen LogP contribution in [-0.2, 0) is 0 Å². The number of amides is 1. The molecule has 284 valence electrons. The molecule has 4 aliphatic rings. The van der Waals surface area contributed by atoms with Gasteiger partial charge in [0.1, 0.15) is 54.2 Å². The van der Waals surface area contributed by atoms with Gasteiger partial charge in [0.25, 0.3) is 0 Å². The van der Waals surface area contributed by atoms with Crippen LogP contribution < -0.4 is 25.8 Å². The molecular formula is C36H38ClF3N10O3S. The fraction of sp³-hybridized carbons (Fsp3) is 0.472. The first-order chi connectivity index (χ1) is 26.1. The number of ether oxygens (including phenoxy) is 2. The lowest BCUT2D eigenvalue weighted by Gasteiger charge is -2.49. The first-order valence-corrected chi connectivity index (χ1v) is 19.3. The lowest BCUT2D eigenvalue weighted by molar-refractivity contribution is 0.0462. The molecule has 0 radical (unpaired) electrons. The molecule has 9 rings (SSSR count). The third-order valence-corrected chi connectivity index (χ3v) is 12.9. The van der Waals surface area contributed by atoms with Crippen LogP contribution in [-0.4, -0.2) is 104 Å². The Morgan fingerprint density at radius 2 is 2.04 bits per heavy atom. The van der Waals surface area contributed by atoms with Crippen LogP contribution in [0.2, 0.25) is 5.02 Å². The average molecular weight is 783 g/mol. The summed E-state index contributed by atoms with van der Waals surface area (Å²) < 4.78 is 61.1. The average Bonchev–Trinajstić information content (AvgIpc) is 3.92. The van der Waals surface area contributed by atoms with Crippen molar-refractivity contribution in [2.75, 3.05) is 62.3 Å². The predicted molar refractivity (Wildman–Crippen MR) is 200 cm³/mol. The fourth-order valence-corrected chi connectivity index (χ4v) is 10.2. The summed E-state index contributed by atoms with van der Waals surface area (Å²) >= 11 is 8.06. The summed E-state index contributed by atoms with van der Waals surface area (Å²) in [5, 5.41) is 4.67. The Morgan fingerprint density at radius 1 is 1.19 bits per heavy atom. The number of nitrogen functional groups attached to an aromatic ring is 2. The number of fused-ring (bicyclic) bond motifs is 2. The van der Waals surface area contributed by atoms with Crippen LogP contribution in [0.1, 0.15) is 39.0 Å². The summed E-state index contributed by atoms with van der Waals surface area (Å²) in [6.07, 6.45) is 5.38. The van der Waals surface area contributed by atoms with E-state index in [0.29, 0.717) is 38.4 Å². The number of thiophene rings is 1. The number of aromatic nitrogens is 5. The van der Waals surface area contributed by atoms with Crippen LogP contribution in [0.15, 0.2) is 24.8 Å². The molecule has 4 atom stereocenters. The number of alkyl halides is 1. The summed E-state index contributed by atoms with van der Waals surface area (Å²) in [4.78, 5) is 32.6. The number of carbonyl (C=O) groups is 1. The van der Waals surface area contributed by atoms with Crippen molar-refractivity contribution in [3.05, 3.63) is 41.4 Å². The molecule has 0 spiro atoms. The van der Waals surface area contributed by atoms with Gasteiger partial charge in [0, 0.05) is 49.0 Å². The third kappa shape index (κ3) is 5.48. The van der Waals surface area contributed by atoms with E-state index in [1.807, 2.05) is 4.90 Å². The number of hydrogen-bond acceptors (Lipinski definition) is 12. The maximum atomic E-state index is 17.3. The molecule has 0 saturated carbocycles. The van der Waals surface area contributed by atoms with E-state index in [2.05, 4.69) is 26.9 Å². The van der Waals surface area contributed by atoms with Crippen molar-refractivity contribution >= 4 is 66.5 Å². The highest BCUT2D eigenvalue weighted by atomic mass is 35.5. The van der Waals surface area contributed by atoms with Gasteiger partial charge in [0.2, 0.25) is 0 Å². The zero-order valence-corrected chi connectivity index (χ0v) is 31.0. The molecule has 3 aromatic heterocycles. The van der Waals surface area contributed by atoms with E-state index in [0.717, 1.165) is 43.6 Å². The molecule has 18 heteroatoms. The Kier molecular flexibility index (Phi) is 8.65. The highest BCUT2D eigenvalue weighted by Crippen LogP contribution is 2.52. The number of benzene rings is 2. The molecule has 0 bridgehead atoms. The van der Waals surface area contributed by atoms with Crippen LogP contribution in [0.5, 0.6) is 11.8 Å². The van der Waals surface area contributed by atoms with E-state index in [-0.39, 0.29) is 90.8 Å². The highest BCUT2D eigenvalue weighted by molar-refractivity contribution is 7.23. The number of rotatable bonds is 8. The highest BCUT2D eigenvalue weighted by Gasteiger charge is 2.50. The van der Waals surface area contributed by atoms with Gasteiger partial charge in [0.05, 0.1) is 32.9 Å². The number of nitrogens with zero attached hydrogens (tertiary/aromatic N) is 8. The number of carbonyl (C=O) groups excluding carboxylic acids is 1. The van der Waals surface area contributed by atoms with Crippen molar-refractivity contribution in [3.63, 3.8) is 0 Å². The molecule has 2 aromatic carbocycles. The van der Waals surface area contributed by atoms with Crippen LogP contribution in [0.25, 0.3) is 32.1 Å². The molecule has 5 aromatic rings. The molecule has 7 heterocycles. The summed E-state index contributed by atoms with van der Waals surface area (Å²) in [6, 6.07) is 2.24. The van der Waals surface area contributed by atoms with E-state index in [1.54, 1.807) is 4.90 Å². The van der Waals surface area contributed by atoms with Gasteiger partial charge in [-0.3, -0.25) is 4.90 Å². The second-order valence-corrected chi connectivity index (χ2v) is 16.0. The maximum Gasteiger partial charge on any atom is 0.346 e. The first kappa shape index (κ1) is 35.1. The van der Waals surface area contributed by atoms with Gasteiger partial charge in [-0.25, -0.2) is 22.9 Å². The van der Waals surface area contributed by atoms with E-state index < -0.39 is 23.3 Å². The maximum absolute atomic E-state index is 17.3. The van der Waals surface area contributed by atoms with Crippen molar-refractivity contribution in [3.8, 4) is 22.9 Å². The molecular weight excluding hydrogens is 745 g/mol. The topological polar surface area (TPSA) is 154 Å². The molecule has 3 fully saturated rings. The SMILES string of the molecule is CCCC1[C@H](CN2CCOc3c(Cl)c(-c4ccc(F)c5sc(N)c(N)c45)c(F)c4nc(OC[C@@]56CCCN5C[C@H](F)C6)nc2c34)CN1C(=O)n1cncn1. The largest absolute Gasteiger partial charge is 0.489 e. The Labute approximate surface area is 317 Å². The molecule has 1 amide bonds. The number of anilines is 3. The second kappa shape index (κ2) is 13.3.